The molecule has 0 unspecified atom stereocenters. The van der Waals surface area contributed by atoms with Crippen LogP contribution in [0.1, 0.15) is 22.5 Å². The van der Waals surface area contributed by atoms with Gasteiger partial charge in [-0.1, -0.05) is 11.2 Å². The highest BCUT2D eigenvalue weighted by atomic mass is 35.7. The number of nitrogens with zero attached hydrogens (tertiary/aromatic N) is 1. The largest absolute Gasteiger partial charge is 0.361 e. The Kier molecular flexibility index (Phi) is 3.45. The monoisotopic (exact) mass is 299 g/mol. The lowest BCUT2D eigenvalue weighted by Gasteiger charge is -2.09. The molecule has 1 aromatic heterocycles. The molecule has 0 atom stereocenters. The first kappa shape index (κ1) is 14.1. The Bertz CT molecular complexity index is 747. The van der Waals surface area contributed by atoms with Crippen LogP contribution in [0.2, 0.25) is 0 Å². The molecule has 1 heterocycles. The molecule has 0 aliphatic rings. The van der Waals surface area contributed by atoms with E-state index in [-0.39, 0.29) is 4.90 Å². The van der Waals surface area contributed by atoms with Crippen molar-refractivity contribution >= 4 is 19.7 Å². The zero-order valence-corrected chi connectivity index (χ0v) is 12.7. The van der Waals surface area contributed by atoms with Crippen LogP contribution in [0.3, 0.4) is 0 Å². The van der Waals surface area contributed by atoms with Crippen molar-refractivity contribution in [2.45, 2.75) is 32.6 Å². The molecule has 0 amide bonds. The third kappa shape index (κ3) is 2.53. The fraction of sp³-hybridized carbons (Fsp3) is 0.308. The first-order chi connectivity index (χ1) is 8.71. The van der Waals surface area contributed by atoms with Crippen LogP contribution in [0.15, 0.2) is 21.6 Å². The van der Waals surface area contributed by atoms with Gasteiger partial charge in [-0.25, -0.2) is 8.42 Å². The second-order valence-electron chi connectivity index (χ2n) is 4.58. The minimum Gasteiger partial charge on any atom is -0.361 e. The van der Waals surface area contributed by atoms with Gasteiger partial charge in [0.05, 0.1) is 4.90 Å². The number of benzene rings is 1. The Morgan fingerprint density at radius 2 is 1.74 bits per heavy atom. The summed E-state index contributed by atoms with van der Waals surface area (Å²) in [4.78, 5) is 0.106. The Balaban J connectivity index is 2.75. The van der Waals surface area contributed by atoms with E-state index in [0.717, 1.165) is 16.7 Å². The zero-order chi connectivity index (χ0) is 14.4. The van der Waals surface area contributed by atoms with Crippen LogP contribution in [0, 0.1) is 27.7 Å². The molecule has 0 radical (unpaired) electrons. The van der Waals surface area contributed by atoms with Gasteiger partial charge < -0.3 is 4.52 Å². The Morgan fingerprint density at radius 1 is 1.11 bits per heavy atom. The summed E-state index contributed by atoms with van der Waals surface area (Å²) in [6.07, 6.45) is 0. The summed E-state index contributed by atoms with van der Waals surface area (Å²) in [5.74, 6) is 0.713. The number of halogens is 1. The van der Waals surface area contributed by atoms with Crippen LogP contribution in [0.5, 0.6) is 0 Å². The molecule has 2 rings (SSSR count). The van der Waals surface area contributed by atoms with Crippen LogP contribution in [-0.2, 0) is 9.05 Å². The number of aryl methyl sites for hydroxylation is 3. The van der Waals surface area contributed by atoms with Gasteiger partial charge in [-0.05, 0) is 44.9 Å². The summed E-state index contributed by atoms with van der Waals surface area (Å²) in [7, 11) is 1.68. The van der Waals surface area contributed by atoms with Gasteiger partial charge in [-0.3, -0.25) is 0 Å². The van der Waals surface area contributed by atoms with E-state index in [1.54, 1.807) is 19.1 Å². The summed E-state index contributed by atoms with van der Waals surface area (Å²) >= 11 is 0. The van der Waals surface area contributed by atoms with E-state index in [4.69, 9.17) is 15.2 Å². The lowest BCUT2D eigenvalue weighted by molar-refractivity contribution is 0.398. The van der Waals surface area contributed by atoms with Crippen molar-refractivity contribution in [2.24, 2.45) is 0 Å². The highest BCUT2D eigenvalue weighted by Crippen LogP contribution is 2.32. The van der Waals surface area contributed by atoms with E-state index in [1.165, 1.54) is 0 Å². The molecule has 0 spiro atoms. The van der Waals surface area contributed by atoms with Crippen molar-refractivity contribution in [3.05, 3.63) is 34.6 Å². The lowest BCUT2D eigenvalue weighted by Crippen LogP contribution is -1.98. The predicted octanol–water partition coefficient (Wildman–Crippen LogP) is 3.50. The van der Waals surface area contributed by atoms with Crippen molar-refractivity contribution in [1.29, 1.82) is 0 Å². The van der Waals surface area contributed by atoms with E-state index in [9.17, 15) is 8.42 Å². The maximum atomic E-state index is 11.6. The van der Waals surface area contributed by atoms with Crippen LogP contribution < -0.4 is 0 Å². The SMILES string of the molecule is Cc1cc(C)c(S(=O)(=O)Cl)cc1-c1noc(C)c1C. The molecule has 102 valence electrons. The second-order valence-corrected chi connectivity index (χ2v) is 7.12. The standard InChI is InChI=1S/C13H14ClNO3S/c1-7-5-8(2)12(19(14,16)17)6-11(7)13-9(3)10(4)18-15-13/h5-6H,1-4H3. The molecule has 0 saturated heterocycles. The Morgan fingerprint density at radius 3 is 2.21 bits per heavy atom. The third-order valence-corrected chi connectivity index (χ3v) is 4.66. The van der Waals surface area contributed by atoms with Gasteiger partial charge in [0.15, 0.2) is 0 Å². The molecule has 0 fully saturated rings. The van der Waals surface area contributed by atoms with Crippen LogP contribution in [-0.4, -0.2) is 13.6 Å². The smallest absolute Gasteiger partial charge is 0.261 e. The van der Waals surface area contributed by atoms with Crippen molar-refractivity contribution in [3.63, 3.8) is 0 Å². The molecule has 0 aliphatic carbocycles. The first-order valence-electron chi connectivity index (χ1n) is 5.71. The van der Waals surface area contributed by atoms with Crippen LogP contribution >= 0.6 is 10.7 Å². The molecular formula is C13H14ClNO3S. The highest BCUT2D eigenvalue weighted by molar-refractivity contribution is 8.13. The minimum atomic E-state index is -3.77. The number of aromatic nitrogens is 1. The first-order valence-corrected chi connectivity index (χ1v) is 8.02. The normalized spacial score (nSPS) is 11.8. The molecule has 0 saturated carbocycles. The molecule has 0 aliphatic heterocycles. The third-order valence-electron chi connectivity index (χ3n) is 3.20. The van der Waals surface area contributed by atoms with E-state index in [2.05, 4.69) is 5.16 Å². The van der Waals surface area contributed by atoms with E-state index in [0.29, 0.717) is 17.0 Å². The van der Waals surface area contributed by atoms with Crippen molar-refractivity contribution in [2.75, 3.05) is 0 Å². The van der Waals surface area contributed by atoms with Crippen molar-refractivity contribution in [1.82, 2.24) is 5.16 Å². The minimum absolute atomic E-state index is 0.106. The van der Waals surface area contributed by atoms with Gasteiger partial charge in [0.25, 0.3) is 9.05 Å². The van der Waals surface area contributed by atoms with E-state index in [1.807, 2.05) is 20.8 Å². The molecule has 6 heteroatoms. The second kappa shape index (κ2) is 4.65. The van der Waals surface area contributed by atoms with Gasteiger partial charge in [0.1, 0.15) is 11.5 Å². The Labute approximate surface area is 116 Å². The summed E-state index contributed by atoms with van der Waals surface area (Å²) < 4.78 is 28.2. The van der Waals surface area contributed by atoms with E-state index >= 15 is 0 Å². The molecule has 2 aromatic rings. The number of hydrogen-bond donors (Lipinski definition) is 0. The average Bonchev–Trinajstić information content (AvgIpc) is 2.59. The summed E-state index contributed by atoms with van der Waals surface area (Å²) in [6.45, 7) is 7.31. The van der Waals surface area contributed by atoms with Crippen molar-refractivity contribution in [3.8, 4) is 11.3 Å². The summed E-state index contributed by atoms with van der Waals surface area (Å²) in [5.41, 5.74) is 3.81. The fourth-order valence-corrected chi connectivity index (χ4v) is 3.22. The van der Waals surface area contributed by atoms with Gasteiger partial charge >= 0.3 is 0 Å². The lowest BCUT2D eigenvalue weighted by atomic mass is 10.0. The highest BCUT2D eigenvalue weighted by Gasteiger charge is 2.19. The average molecular weight is 300 g/mol. The van der Waals surface area contributed by atoms with Crippen molar-refractivity contribution < 1.29 is 12.9 Å². The van der Waals surface area contributed by atoms with Crippen LogP contribution in [0.4, 0.5) is 0 Å². The predicted molar refractivity (Wildman–Crippen MR) is 73.9 cm³/mol. The topological polar surface area (TPSA) is 60.2 Å². The maximum absolute atomic E-state index is 11.6. The number of hydrogen-bond acceptors (Lipinski definition) is 4. The van der Waals surface area contributed by atoms with Gasteiger partial charge in [0.2, 0.25) is 0 Å². The summed E-state index contributed by atoms with van der Waals surface area (Å²) in [5, 5.41) is 3.99. The van der Waals surface area contributed by atoms with E-state index < -0.39 is 9.05 Å². The number of rotatable bonds is 2. The Hall–Kier alpha value is -1.33. The fourth-order valence-electron chi connectivity index (χ4n) is 2.02. The van der Waals surface area contributed by atoms with Gasteiger partial charge in [0, 0.05) is 21.8 Å². The van der Waals surface area contributed by atoms with Gasteiger partial charge in [-0.15, -0.1) is 0 Å². The molecular weight excluding hydrogens is 286 g/mol. The molecule has 0 N–H and O–H groups in total. The maximum Gasteiger partial charge on any atom is 0.261 e. The molecule has 4 nitrogen and oxygen atoms in total. The quantitative estimate of drug-likeness (QED) is 0.796. The zero-order valence-electron chi connectivity index (χ0n) is 11.1. The summed E-state index contributed by atoms with van der Waals surface area (Å²) in [6, 6.07) is 3.34. The van der Waals surface area contributed by atoms with Gasteiger partial charge in [-0.2, -0.15) is 0 Å². The molecule has 0 bridgehead atoms. The molecule has 1 aromatic carbocycles. The van der Waals surface area contributed by atoms with Crippen LogP contribution in [0.25, 0.3) is 11.3 Å². The molecule has 19 heavy (non-hydrogen) atoms.